The van der Waals surface area contributed by atoms with E-state index in [4.69, 9.17) is 23.2 Å². The van der Waals surface area contributed by atoms with Crippen molar-refractivity contribution in [2.45, 2.75) is 32.2 Å². The van der Waals surface area contributed by atoms with Gasteiger partial charge in [0.1, 0.15) is 5.82 Å². The van der Waals surface area contributed by atoms with Crippen LogP contribution in [0.4, 0.5) is 5.82 Å². The monoisotopic (exact) mass is 416 g/mol. The van der Waals surface area contributed by atoms with Crippen LogP contribution in [-0.2, 0) is 11.3 Å². The van der Waals surface area contributed by atoms with E-state index >= 15 is 0 Å². The van der Waals surface area contributed by atoms with E-state index < -0.39 is 0 Å². The number of halogens is 3. The lowest BCUT2D eigenvalue weighted by atomic mass is 9.93. The summed E-state index contributed by atoms with van der Waals surface area (Å²) in [5.41, 5.74) is 0.791. The molecule has 2 heterocycles. The van der Waals surface area contributed by atoms with Crippen molar-refractivity contribution in [2.75, 3.05) is 18.4 Å². The minimum Gasteiger partial charge on any atom is -0.317 e. The van der Waals surface area contributed by atoms with Crippen LogP contribution in [-0.4, -0.2) is 28.8 Å². The van der Waals surface area contributed by atoms with E-state index in [-0.39, 0.29) is 18.3 Å². The summed E-state index contributed by atoms with van der Waals surface area (Å²) in [4.78, 5) is 12.3. The van der Waals surface area contributed by atoms with Crippen molar-refractivity contribution in [3.63, 3.8) is 0 Å². The number of hydrogen-bond donors (Lipinski definition) is 2. The first-order chi connectivity index (χ1) is 12.1. The second kappa shape index (κ2) is 10.2. The second-order valence-electron chi connectivity index (χ2n) is 6.35. The first kappa shape index (κ1) is 21.0. The minimum absolute atomic E-state index is 0. The van der Waals surface area contributed by atoms with Gasteiger partial charge in [-0.05, 0) is 50.4 Å². The van der Waals surface area contributed by atoms with Crippen LogP contribution < -0.4 is 10.6 Å². The molecule has 8 heteroatoms. The molecule has 1 fully saturated rings. The Morgan fingerprint density at radius 1 is 1.23 bits per heavy atom. The predicted octanol–water partition coefficient (Wildman–Crippen LogP) is 4.38. The highest BCUT2D eigenvalue weighted by Crippen LogP contribution is 2.26. The van der Waals surface area contributed by atoms with Gasteiger partial charge in [-0.15, -0.1) is 12.4 Å². The Labute approximate surface area is 169 Å². The molecule has 1 saturated heterocycles. The van der Waals surface area contributed by atoms with E-state index in [9.17, 15) is 4.79 Å². The van der Waals surface area contributed by atoms with Gasteiger partial charge in [0.25, 0.3) is 0 Å². The summed E-state index contributed by atoms with van der Waals surface area (Å²) in [6.45, 7) is 2.52. The number of nitrogens with one attached hydrogen (secondary N) is 2. The quantitative estimate of drug-likeness (QED) is 0.733. The van der Waals surface area contributed by atoms with Gasteiger partial charge in [0.05, 0.1) is 12.7 Å². The van der Waals surface area contributed by atoms with Gasteiger partial charge in [0.15, 0.2) is 0 Å². The van der Waals surface area contributed by atoms with Crippen molar-refractivity contribution in [3.8, 4) is 0 Å². The summed E-state index contributed by atoms with van der Waals surface area (Å²) in [6.07, 6.45) is 5.42. The maximum Gasteiger partial charge on any atom is 0.225 e. The smallest absolute Gasteiger partial charge is 0.225 e. The van der Waals surface area contributed by atoms with E-state index in [0.717, 1.165) is 37.9 Å². The summed E-state index contributed by atoms with van der Waals surface area (Å²) < 4.78 is 1.70. The van der Waals surface area contributed by atoms with Gasteiger partial charge < -0.3 is 10.6 Å². The van der Waals surface area contributed by atoms with Crippen LogP contribution in [0.3, 0.4) is 0 Å². The van der Waals surface area contributed by atoms with Crippen LogP contribution in [0.25, 0.3) is 0 Å². The molecule has 0 aliphatic carbocycles. The Bertz CT molecular complexity index is 709. The van der Waals surface area contributed by atoms with E-state index in [1.807, 2.05) is 0 Å². The van der Waals surface area contributed by atoms with Crippen molar-refractivity contribution in [1.82, 2.24) is 15.1 Å². The fraction of sp³-hybridized carbons (Fsp3) is 0.444. The van der Waals surface area contributed by atoms with Crippen molar-refractivity contribution >= 4 is 47.3 Å². The number of rotatable bonds is 6. The molecule has 5 nitrogen and oxygen atoms in total. The average Bonchev–Trinajstić information content (AvgIpc) is 3.04. The number of nitrogens with zero attached hydrogens (tertiary/aromatic N) is 2. The second-order valence-corrected chi connectivity index (χ2v) is 7.17. The molecular formula is C18H23Cl3N4O. The first-order valence-electron chi connectivity index (χ1n) is 8.59. The molecule has 0 bridgehead atoms. The molecule has 0 saturated carbocycles. The summed E-state index contributed by atoms with van der Waals surface area (Å²) in [6, 6.07) is 7.18. The highest BCUT2D eigenvalue weighted by molar-refractivity contribution is 6.35. The summed E-state index contributed by atoms with van der Waals surface area (Å²) in [5.74, 6) is 1.32. The Morgan fingerprint density at radius 2 is 1.92 bits per heavy atom. The first-order valence-corrected chi connectivity index (χ1v) is 9.34. The average molecular weight is 418 g/mol. The molecule has 2 N–H and O–H groups in total. The van der Waals surface area contributed by atoms with Crippen molar-refractivity contribution < 1.29 is 4.79 Å². The fourth-order valence-corrected chi connectivity index (χ4v) is 3.63. The summed E-state index contributed by atoms with van der Waals surface area (Å²) >= 11 is 12.4. The van der Waals surface area contributed by atoms with Crippen LogP contribution in [0.1, 0.15) is 31.2 Å². The topological polar surface area (TPSA) is 59.0 Å². The van der Waals surface area contributed by atoms with Gasteiger partial charge in [-0.1, -0.05) is 29.3 Å². The van der Waals surface area contributed by atoms with Crippen LogP contribution in [0.15, 0.2) is 30.5 Å². The molecule has 1 aromatic carbocycles. The molecule has 0 unspecified atom stereocenters. The molecule has 0 radical (unpaired) electrons. The number of amides is 1. The van der Waals surface area contributed by atoms with Crippen molar-refractivity contribution in [2.24, 2.45) is 5.92 Å². The molecule has 1 aliphatic rings. The number of hydrogen-bond acceptors (Lipinski definition) is 3. The lowest BCUT2D eigenvalue weighted by Crippen LogP contribution is -2.28. The van der Waals surface area contributed by atoms with Crippen LogP contribution in [0.5, 0.6) is 0 Å². The lowest BCUT2D eigenvalue weighted by molar-refractivity contribution is -0.116. The number of aromatic nitrogens is 2. The lowest BCUT2D eigenvalue weighted by Gasteiger charge is -2.22. The Morgan fingerprint density at radius 3 is 2.62 bits per heavy atom. The standard InChI is InChI=1S/C18H22Cl2N4O.ClH/c19-15-2-1-3-16(20)14(15)12-24-17(8-11-22-24)23-18(25)5-4-13-6-9-21-10-7-13;/h1-3,8,11,13,21H,4-7,9-10,12H2,(H,23,25);1H. The largest absolute Gasteiger partial charge is 0.317 e. The third-order valence-electron chi connectivity index (χ3n) is 4.59. The van der Waals surface area contributed by atoms with Crippen LogP contribution in [0, 0.1) is 5.92 Å². The third-order valence-corrected chi connectivity index (χ3v) is 5.30. The highest BCUT2D eigenvalue weighted by atomic mass is 35.5. The number of benzene rings is 1. The molecule has 1 aliphatic heterocycles. The van der Waals surface area contributed by atoms with Crippen molar-refractivity contribution in [3.05, 3.63) is 46.1 Å². The molecular weight excluding hydrogens is 395 g/mol. The highest BCUT2D eigenvalue weighted by Gasteiger charge is 2.16. The maximum atomic E-state index is 12.3. The number of carbonyl (C=O) groups excluding carboxylic acids is 1. The van der Waals surface area contributed by atoms with Gasteiger partial charge in [-0.25, -0.2) is 4.68 Å². The Balaban J connectivity index is 0.00000243. The van der Waals surface area contributed by atoms with E-state index in [2.05, 4.69) is 15.7 Å². The van der Waals surface area contributed by atoms with Gasteiger partial charge in [-0.3, -0.25) is 4.79 Å². The zero-order chi connectivity index (χ0) is 17.6. The number of anilines is 1. The number of piperidine rings is 1. The van der Waals surface area contributed by atoms with E-state index in [1.54, 1.807) is 35.1 Å². The third kappa shape index (κ3) is 5.61. The molecule has 3 rings (SSSR count). The van der Waals surface area contributed by atoms with Gasteiger partial charge in [-0.2, -0.15) is 5.10 Å². The Kier molecular flexibility index (Phi) is 8.22. The minimum atomic E-state index is 0. The molecule has 142 valence electrons. The Hall–Kier alpha value is -1.27. The molecule has 0 atom stereocenters. The maximum absolute atomic E-state index is 12.3. The van der Waals surface area contributed by atoms with Gasteiger partial charge >= 0.3 is 0 Å². The van der Waals surface area contributed by atoms with Gasteiger partial charge in [0, 0.05) is 28.1 Å². The molecule has 1 amide bonds. The zero-order valence-corrected chi connectivity index (χ0v) is 16.7. The molecule has 26 heavy (non-hydrogen) atoms. The van der Waals surface area contributed by atoms with Crippen LogP contribution in [0.2, 0.25) is 10.0 Å². The van der Waals surface area contributed by atoms with Crippen LogP contribution >= 0.6 is 35.6 Å². The molecule has 0 spiro atoms. The predicted molar refractivity (Wildman–Crippen MR) is 108 cm³/mol. The summed E-state index contributed by atoms with van der Waals surface area (Å²) in [7, 11) is 0. The SMILES string of the molecule is Cl.O=C(CCC1CCNCC1)Nc1ccnn1Cc1c(Cl)cccc1Cl. The zero-order valence-electron chi connectivity index (χ0n) is 14.4. The normalized spacial score (nSPS) is 14.7. The fourth-order valence-electron chi connectivity index (χ4n) is 3.11. The van der Waals surface area contributed by atoms with Crippen molar-refractivity contribution in [1.29, 1.82) is 0 Å². The molecule has 1 aromatic heterocycles. The van der Waals surface area contributed by atoms with E-state index in [0.29, 0.717) is 34.7 Å². The van der Waals surface area contributed by atoms with Gasteiger partial charge in [0.2, 0.25) is 5.91 Å². The summed E-state index contributed by atoms with van der Waals surface area (Å²) in [5, 5.41) is 11.7. The number of carbonyl (C=O) groups is 1. The molecule has 2 aromatic rings. The van der Waals surface area contributed by atoms with E-state index in [1.165, 1.54) is 0 Å².